The maximum absolute atomic E-state index is 12.2. The van der Waals surface area contributed by atoms with Crippen LogP contribution < -0.4 is 10.1 Å². The summed E-state index contributed by atoms with van der Waals surface area (Å²) in [6, 6.07) is 11.8. The van der Waals surface area contributed by atoms with Crippen LogP contribution in [0, 0.1) is 0 Å². The van der Waals surface area contributed by atoms with Crippen molar-refractivity contribution in [3.05, 3.63) is 65.4 Å². The van der Waals surface area contributed by atoms with E-state index in [0.29, 0.717) is 18.0 Å². The van der Waals surface area contributed by atoms with E-state index < -0.39 is 0 Å². The van der Waals surface area contributed by atoms with Crippen LogP contribution in [0.15, 0.2) is 55.0 Å². The maximum atomic E-state index is 12.2. The zero-order chi connectivity index (χ0) is 19.3. The van der Waals surface area contributed by atoms with E-state index in [1.807, 2.05) is 24.3 Å². The summed E-state index contributed by atoms with van der Waals surface area (Å²) in [6.45, 7) is 7.38. The molecule has 0 aliphatic carbocycles. The minimum absolute atomic E-state index is 0.121. The average molecular weight is 382 g/mol. The first-order valence-corrected chi connectivity index (χ1v) is 9.63. The van der Waals surface area contributed by atoms with E-state index in [-0.39, 0.29) is 11.3 Å². The number of nitrogens with one attached hydrogen (secondary N) is 1. The van der Waals surface area contributed by atoms with Crippen molar-refractivity contribution in [2.24, 2.45) is 0 Å². The fraction of sp³-hybridized carbons (Fsp3) is 0.286. The summed E-state index contributed by atoms with van der Waals surface area (Å²) >= 11 is 1.36. The smallest absolute Gasteiger partial charge is 0.263 e. The van der Waals surface area contributed by atoms with E-state index >= 15 is 0 Å². The lowest BCUT2D eigenvalue weighted by atomic mass is 9.87. The lowest BCUT2D eigenvalue weighted by Crippen LogP contribution is -2.27. The maximum Gasteiger partial charge on any atom is 0.263 e. The number of thiazole rings is 1. The topological polar surface area (TPSA) is 64.1 Å². The molecule has 0 radical (unpaired) electrons. The van der Waals surface area contributed by atoms with Gasteiger partial charge in [0, 0.05) is 18.0 Å². The lowest BCUT2D eigenvalue weighted by Gasteiger charge is -2.19. The molecular weight excluding hydrogens is 358 g/mol. The standard InChI is InChI=1S/C21H23N3O2S/c1-21(2,3)16-4-6-17(7-5-16)26-13-12-23-19(25)18-14-24-20(27-18)15-8-10-22-11-9-15/h4-11,14H,12-13H2,1-3H3,(H,23,25). The van der Waals surface area contributed by atoms with Crippen molar-refractivity contribution in [3.8, 4) is 16.3 Å². The molecule has 1 aromatic carbocycles. The molecule has 1 amide bonds. The molecule has 140 valence electrons. The summed E-state index contributed by atoms with van der Waals surface area (Å²) in [4.78, 5) is 21.1. The fourth-order valence-corrected chi connectivity index (χ4v) is 3.32. The third kappa shape index (κ3) is 5.14. The molecule has 0 fully saturated rings. The number of carbonyl (C=O) groups excluding carboxylic acids is 1. The number of carbonyl (C=O) groups is 1. The van der Waals surface area contributed by atoms with E-state index in [1.54, 1.807) is 18.6 Å². The van der Waals surface area contributed by atoms with Gasteiger partial charge in [-0.15, -0.1) is 11.3 Å². The van der Waals surface area contributed by atoms with Gasteiger partial charge < -0.3 is 10.1 Å². The molecular formula is C21H23N3O2S. The second kappa shape index (κ2) is 8.31. The van der Waals surface area contributed by atoms with Gasteiger partial charge in [0.15, 0.2) is 0 Å². The molecule has 2 heterocycles. The van der Waals surface area contributed by atoms with Crippen molar-refractivity contribution in [1.29, 1.82) is 0 Å². The van der Waals surface area contributed by atoms with Gasteiger partial charge in [0.25, 0.3) is 5.91 Å². The SMILES string of the molecule is CC(C)(C)c1ccc(OCCNC(=O)c2cnc(-c3ccncc3)s2)cc1. The summed E-state index contributed by atoms with van der Waals surface area (Å²) in [6.07, 6.45) is 5.02. The van der Waals surface area contributed by atoms with E-state index in [2.05, 4.69) is 48.2 Å². The largest absolute Gasteiger partial charge is 0.492 e. The second-order valence-electron chi connectivity index (χ2n) is 7.14. The zero-order valence-electron chi connectivity index (χ0n) is 15.7. The summed E-state index contributed by atoms with van der Waals surface area (Å²) in [5.74, 6) is 0.662. The molecule has 27 heavy (non-hydrogen) atoms. The number of aromatic nitrogens is 2. The molecule has 5 nitrogen and oxygen atoms in total. The molecule has 3 aromatic rings. The van der Waals surface area contributed by atoms with Crippen LogP contribution in [0.4, 0.5) is 0 Å². The van der Waals surface area contributed by atoms with E-state index in [4.69, 9.17) is 4.74 Å². The highest BCUT2D eigenvalue weighted by Gasteiger charge is 2.13. The van der Waals surface area contributed by atoms with Crippen LogP contribution in [0.3, 0.4) is 0 Å². The van der Waals surface area contributed by atoms with Gasteiger partial charge in [-0.1, -0.05) is 32.9 Å². The number of hydrogen-bond donors (Lipinski definition) is 1. The van der Waals surface area contributed by atoms with Crippen LogP contribution in [-0.4, -0.2) is 29.0 Å². The summed E-state index contributed by atoms with van der Waals surface area (Å²) in [7, 11) is 0. The second-order valence-corrected chi connectivity index (χ2v) is 8.17. The Balaban J connectivity index is 1.47. The van der Waals surface area contributed by atoms with Gasteiger partial charge in [0.05, 0.1) is 12.7 Å². The van der Waals surface area contributed by atoms with Gasteiger partial charge in [-0.3, -0.25) is 9.78 Å². The van der Waals surface area contributed by atoms with Crippen LogP contribution in [0.25, 0.3) is 10.6 Å². The predicted molar refractivity (Wildman–Crippen MR) is 108 cm³/mol. The highest BCUT2D eigenvalue weighted by molar-refractivity contribution is 7.16. The van der Waals surface area contributed by atoms with Gasteiger partial charge in [-0.2, -0.15) is 0 Å². The molecule has 0 aliphatic heterocycles. The predicted octanol–water partition coefficient (Wildman–Crippen LogP) is 4.31. The third-order valence-electron chi connectivity index (χ3n) is 4.03. The van der Waals surface area contributed by atoms with Crippen molar-refractivity contribution in [2.75, 3.05) is 13.2 Å². The molecule has 0 bridgehead atoms. The molecule has 0 spiro atoms. The number of nitrogens with zero attached hydrogens (tertiary/aromatic N) is 2. The fourth-order valence-electron chi connectivity index (χ4n) is 2.48. The third-order valence-corrected chi connectivity index (χ3v) is 5.08. The Labute approximate surface area is 163 Å². The lowest BCUT2D eigenvalue weighted by molar-refractivity contribution is 0.0951. The van der Waals surface area contributed by atoms with Crippen LogP contribution in [-0.2, 0) is 5.41 Å². The van der Waals surface area contributed by atoms with Crippen molar-refractivity contribution in [3.63, 3.8) is 0 Å². The number of rotatable bonds is 6. The first-order chi connectivity index (χ1) is 12.9. The molecule has 0 saturated carbocycles. The normalized spacial score (nSPS) is 11.2. The Hall–Kier alpha value is -2.73. The van der Waals surface area contributed by atoms with E-state index in [9.17, 15) is 4.79 Å². The van der Waals surface area contributed by atoms with E-state index in [0.717, 1.165) is 16.3 Å². The number of ether oxygens (including phenoxy) is 1. The Morgan fingerprint density at radius 2 is 1.81 bits per heavy atom. The molecule has 2 aromatic heterocycles. The van der Waals surface area contributed by atoms with Gasteiger partial charge in [0.2, 0.25) is 0 Å². The van der Waals surface area contributed by atoms with Gasteiger partial charge >= 0.3 is 0 Å². The average Bonchev–Trinajstić information content (AvgIpc) is 3.16. The Morgan fingerprint density at radius 3 is 2.48 bits per heavy atom. The van der Waals surface area contributed by atoms with Gasteiger partial charge in [-0.05, 0) is 35.2 Å². The summed E-state index contributed by atoms with van der Waals surface area (Å²) < 4.78 is 5.70. The van der Waals surface area contributed by atoms with Crippen molar-refractivity contribution < 1.29 is 9.53 Å². The number of benzene rings is 1. The highest BCUT2D eigenvalue weighted by Crippen LogP contribution is 2.25. The molecule has 0 atom stereocenters. The number of hydrogen-bond acceptors (Lipinski definition) is 5. The molecule has 0 unspecified atom stereocenters. The minimum atomic E-state index is -0.139. The minimum Gasteiger partial charge on any atom is -0.492 e. The summed E-state index contributed by atoms with van der Waals surface area (Å²) in [5.41, 5.74) is 2.34. The van der Waals surface area contributed by atoms with Crippen molar-refractivity contribution in [2.45, 2.75) is 26.2 Å². The van der Waals surface area contributed by atoms with Crippen LogP contribution in [0.2, 0.25) is 0 Å². The molecule has 0 aliphatic rings. The highest BCUT2D eigenvalue weighted by atomic mass is 32.1. The van der Waals surface area contributed by atoms with Crippen LogP contribution >= 0.6 is 11.3 Å². The van der Waals surface area contributed by atoms with Crippen LogP contribution in [0.1, 0.15) is 36.0 Å². The first-order valence-electron chi connectivity index (χ1n) is 8.81. The molecule has 6 heteroatoms. The molecule has 1 N–H and O–H groups in total. The van der Waals surface area contributed by atoms with Crippen LogP contribution in [0.5, 0.6) is 5.75 Å². The quantitative estimate of drug-likeness (QED) is 0.646. The number of amides is 1. The van der Waals surface area contributed by atoms with E-state index in [1.165, 1.54) is 16.9 Å². The first kappa shape index (κ1) is 19.0. The Bertz CT molecular complexity index is 884. The van der Waals surface area contributed by atoms with Gasteiger partial charge in [0.1, 0.15) is 22.2 Å². The molecule has 0 saturated heterocycles. The number of pyridine rings is 1. The summed E-state index contributed by atoms with van der Waals surface area (Å²) in [5, 5.41) is 3.67. The van der Waals surface area contributed by atoms with Crippen molar-refractivity contribution in [1.82, 2.24) is 15.3 Å². The Kier molecular flexibility index (Phi) is 5.86. The molecule has 3 rings (SSSR count). The monoisotopic (exact) mass is 381 g/mol. The van der Waals surface area contributed by atoms with Crippen molar-refractivity contribution >= 4 is 17.2 Å². The van der Waals surface area contributed by atoms with Gasteiger partial charge in [-0.25, -0.2) is 4.98 Å². The Morgan fingerprint density at radius 1 is 1.11 bits per heavy atom. The zero-order valence-corrected chi connectivity index (χ0v) is 16.5.